The van der Waals surface area contributed by atoms with Crippen molar-refractivity contribution in [2.45, 2.75) is 32.1 Å². The van der Waals surface area contributed by atoms with E-state index in [-0.39, 0.29) is 17.6 Å². The Kier molecular flexibility index (Phi) is 6.78. The van der Waals surface area contributed by atoms with Crippen LogP contribution in [0.3, 0.4) is 0 Å². The summed E-state index contributed by atoms with van der Waals surface area (Å²) in [7, 11) is 0. The lowest BCUT2D eigenvalue weighted by atomic mass is 10.1. The molecule has 1 fully saturated rings. The van der Waals surface area contributed by atoms with Crippen LogP contribution in [0.1, 0.15) is 37.8 Å². The highest BCUT2D eigenvalue weighted by Crippen LogP contribution is 2.32. The SMILES string of the molecule is O=C(CCCCCCN1C(=O)S/C(=C\c2ccc3ccccc3n2)C1=O)NO. The zero-order valence-electron chi connectivity index (χ0n) is 15.3. The van der Waals surface area contributed by atoms with Crippen LogP contribution < -0.4 is 5.48 Å². The van der Waals surface area contributed by atoms with E-state index in [0.717, 1.165) is 35.5 Å². The van der Waals surface area contributed by atoms with Crippen LogP contribution in [0.15, 0.2) is 41.3 Å². The molecule has 0 saturated carbocycles. The van der Waals surface area contributed by atoms with E-state index in [9.17, 15) is 14.4 Å². The highest BCUT2D eigenvalue weighted by atomic mass is 32.2. The Labute approximate surface area is 166 Å². The molecule has 0 atom stereocenters. The molecule has 0 bridgehead atoms. The summed E-state index contributed by atoms with van der Waals surface area (Å²) in [4.78, 5) is 41.8. The number of hydrogen-bond acceptors (Lipinski definition) is 6. The maximum absolute atomic E-state index is 12.5. The van der Waals surface area contributed by atoms with E-state index in [0.29, 0.717) is 30.0 Å². The number of nitrogens with zero attached hydrogens (tertiary/aromatic N) is 2. The number of carbonyl (C=O) groups is 3. The molecule has 2 N–H and O–H groups in total. The minimum absolute atomic E-state index is 0.263. The van der Waals surface area contributed by atoms with Gasteiger partial charge in [0, 0.05) is 18.4 Å². The third-order valence-electron chi connectivity index (χ3n) is 4.43. The van der Waals surface area contributed by atoms with Gasteiger partial charge in [0.2, 0.25) is 5.91 Å². The molecule has 2 aromatic rings. The second-order valence-corrected chi connectivity index (χ2v) is 7.45. The van der Waals surface area contributed by atoms with E-state index < -0.39 is 5.91 Å². The number of thioether (sulfide) groups is 1. The molecule has 3 rings (SSSR count). The highest BCUT2D eigenvalue weighted by Gasteiger charge is 2.34. The molecule has 0 spiro atoms. The Hall–Kier alpha value is -2.71. The Morgan fingerprint density at radius 2 is 1.89 bits per heavy atom. The third kappa shape index (κ3) is 4.96. The lowest BCUT2D eigenvalue weighted by Gasteiger charge is -2.11. The van der Waals surface area contributed by atoms with Crippen molar-refractivity contribution in [1.29, 1.82) is 0 Å². The zero-order valence-corrected chi connectivity index (χ0v) is 16.1. The molecular formula is C20H21N3O4S. The van der Waals surface area contributed by atoms with Crippen LogP contribution in [0.4, 0.5) is 4.79 Å². The summed E-state index contributed by atoms with van der Waals surface area (Å²) in [5.41, 5.74) is 3.08. The molecule has 1 aliphatic heterocycles. The summed E-state index contributed by atoms with van der Waals surface area (Å²) in [6.07, 6.45) is 4.85. The quantitative estimate of drug-likeness (QED) is 0.304. The predicted octanol–water partition coefficient (Wildman–Crippen LogP) is 3.73. The number of benzene rings is 1. The van der Waals surface area contributed by atoms with Gasteiger partial charge in [0.1, 0.15) is 0 Å². The summed E-state index contributed by atoms with van der Waals surface area (Å²) in [6.45, 7) is 0.360. The first-order chi connectivity index (χ1) is 13.6. The number of aromatic nitrogens is 1. The number of pyridine rings is 1. The Bertz CT molecular complexity index is 929. The fraction of sp³-hybridized carbons (Fsp3) is 0.300. The molecule has 0 radical (unpaired) electrons. The number of nitrogens with one attached hydrogen (secondary N) is 1. The number of hydrogen-bond donors (Lipinski definition) is 2. The first-order valence-corrected chi connectivity index (χ1v) is 9.94. The molecule has 146 valence electrons. The molecule has 8 heteroatoms. The van der Waals surface area contributed by atoms with Crippen molar-refractivity contribution < 1.29 is 19.6 Å². The molecule has 1 aliphatic rings. The van der Waals surface area contributed by atoms with Crippen LogP contribution >= 0.6 is 11.8 Å². The summed E-state index contributed by atoms with van der Waals surface area (Å²) < 4.78 is 0. The van der Waals surface area contributed by atoms with E-state index in [4.69, 9.17) is 5.21 Å². The largest absolute Gasteiger partial charge is 0.293 e. The van der Waals surface area contributed by atoms with Gasteiger partial charge in [0.15, 0.2) is 0 Å². The number of amides is 3. The molecule has 3 amide bonds. The van der Waals surface area contributed by atoms with E-state index in [2.05, 4.69) is 4.98 Å². The van der Waals surface area contributed by atoms with Gasteiger partial charge in [-0.1, -0.05) is 37.1 Å². The summed E-state index contributed by atoms with van der Waals surface area (Å²) in [5.74, 6) is -0.692. The van der Waals surface area contributed by atoms with Gasteiger partial charge in [-0.25, -0.2) is 10.5 Å². The van der Waals surface area contributed by atoms with Crippen LogP contribution in [-0.4, -0.2) is 38.7 Å². The Morgan fingerprint density at radius 3 is 2.71 bits per heavy atom. The standard InChI is InChI=1S/C20H21N3O4S/c24-18(22-27)9-3-1-2-6-12-23-19(25)17(28-20(23)26)13-15-11-10-14-7-4-5-8-16(14)21-15/h4-5,7-8,10-11,13,27H,1-3,6,9,12H2,(H,22,24)/b17-13-. The molecule has 1 saturated heterocycles. The van der Waals surface area contributed by atoms with Crippen molar-refractivity contribution in [2.75, 3.05) is 6.54 Å². The molecule has 28 heavy (non-hydrogen) atoms. The number of para-hydroxylation sites is 1. The summed E-state index contributed by atoms with van der Waals surface area (Å²) >= 11 is 0.935. The lowest BCUT2D eigenvalue weighted by molar-refractivity contribution is -0.129. The molecule has 1 aromatic heterocycles. The smallest absolute Gasteiger partial charge is 0.289 e. The molecule has 0 aliphatic carbocycles. The van der Waals surface area contributed by atoms with E-state index in [1.54, 1.807) is 11.6 Å². The van der Waals surface area contributed by atoms with Crippen molar-refractivity contribution in [3.05, 3.63) is 47.0 Å². The summed E-state index contributed by atoms with van der Waals surface area (Å²) in [6, 6.07) is 11.5. The van der Waals surface area contributed by atoms with E-state index in [1.807, 2.05) is 36.4 Å². The van der Waals surface area contributed by atoms with Crippen molar-refractivity contribution in [3.8, 4) is 0 Å². The van der Waals surface area contributed by atoms with Gasteiger partial charge in [-0.2, -0.15) is 0 Å². The number of unbranched alkanes of at least 4 members (excludes halogenated alkanes) is 3. The van der Waals surface area contributed by atoms with Crippen molar-refractivity contribution >= 4 is 45.8 Å². The van der Waals surface area contributed by atoms with Crippen molar-refractivity contribution in [1.82, 2.24) is 15.4 Å². The Balaban J connectivity index is 1.55. The molecule has 2 heterocycles. The lowest BCUT2D eigenvalue weighted by Crippen LogP contribution is -2.29. The fourth-order valence-corrected chi connectivity index (χ4v) is 3.80. The Morgan fingerprint density at radius 1 is 1.11 bits per heavy atom. The average Bonchev–Trinajstić information content (AvgIpc) is 2.97. The molecular weight excluding hydrogens is 378 g/mol. The van der Waals surface area contributed by atoms with E-state index in [1.165, 1.54) is 4.90 Å². The normalized spacial score (nSPS) is 15.6. The van der Waals surface area contributed by atoms with Crippen LogP contribution in [0, 0.1) is 0 Å². The number of carbonyl (C=O) groups excluding carboxylic acids is 3. The molecule has 0 unspecified atom stereocenters. The second-order valence-electron chi connectivity index (χ2n) is 6.46. The fourth-order valence-electron chi connectivity index (χ4n) is 2.95. The monoisotopic (exact) mass is 399 g/mol. The number of fused-ring (bicyclic) bond motifs is 1. The maximum atomic E-state index is 12.5. The number of hydroxylamine groups is 1. The minimum atomic E-state index is -0.404. The molecule has 7 nitrogen and oxygen atoms in total. The van der Waals surface area contributed by atoms with Crippen LogP contribution in [0.2, 0.25) is 0 Å². The van der Waals surface area contributed by atoms with Gasteiger partial charge >= 0.3 is 0 Å². The zero-order chi connectivity index (χ0) is 19.9. The third-order valence-corrected chi connectivity index (χ3v) is 5.34. The number of imide groups is 1. The van der Waals surface area contributed by atoms with Crippen LogP contribution in [-0.2, 0) is 9.59 Å². The first-order valence-electron chi connectivity index (χ1n) is 9.12. The van der Waals surface area contributed by atoms with Gasteiger partial charge in [0.05, 0.1) is 16.1 Å². The van der Waals surface area contributed by atoms with Crippen molar-refractivity contribution in [2.24, 2.45) is 0 Å². The van der Waals surface area contributed by atoms with Crippen LogP contribution in [0.5, 0.6) is 0 Å². The van der Waals surface area contributed by atoms with Gasteiger partial charge in [-0.15, -0.1) is 0 Å². The minimum Gasteiger partial charge on any atom is -0.289 e. The summed E-state index contributed by atoms with van der Waals surface area (Å²) in [5, 5.41) is 9.18. The topological polar surface area (TPSA) is 99.6 Å². The van der Waals surface area contributed by atoms with E-state index >= 15 is 0 Å². The number of rotatable bonds is 8. The highest BCUT2D eigenvalue weighted by molar-refractivity contribution is 8.18. The van der Waals surface area contributed by atoms with Gasteiger partial charge in [0.25, 0.3) is 11.1 Å². The maximum Gasteiger partial charge on any atom is 0.293 e. The van der Waals surface area contributed by atoms with Crippen LogP contribution in [0.25, 0.3) is 17.0 Å². The second kappa shape index (κ2) is 9.48. The van der Waals surface area contributed by atoms with Gasteiger partial charge in [-0.05, 0) is 42.8 Å². The first kappa shape index (κ1) is 20.0. The molecule has 1 aromatic carbocycles. The average molecular weight is 399 g/mol. The van der Waals surface area contributed by atoms with Gasteiger partial charge in [-0.3, -0.25) is 24.5 Å². The predicted molar refractivity (Wildman–Crippen MR) is 107 cm³/mol. The van der Waals surface area contributed by atoms with Gasteiger partial charge < -0.3 is 0 Å². The van der Waals surface area contributed by atoms with Crippen molar-refractivity contribution in [3.63, 3.8) is 0 Å².